The lowest BCUT2D eigenvalue weighted by molar-refractivity contribution is -0.174. The van der Waals surface area contributed by atoms with Gasteiger partial charge in [0.15, 0.2) is 0 Å². The minimum atomic E-state index is -4.04. The second kappa shape index (κ2) is 8.40. The molecule has 2 aliphatic carbocycles. The maximum Gasteiger partial charge on any atom is 0.392 e. The van der Waals surface area contributed by atoms with Gasteiger partial charge in [0.05, 0.1) is 5.92 Å². The summed E-state index contributed by atoms with van der Waals surface area (Å²) in [6, 6.07) is 0. The van der Waals surface area contributed by atoms with Gasteiger partial charge in [-0.1, -0.05) is 51.2 Å². The normalized spacial score (nSPS) is 29.8. The Kier molecular flexibility index (Phi) is 6.83. The Morgan fingerprint density at radius 2 is 1.50 bits per heavy atom. The standard InChI is InChI=1S/C19H31F3/c1-2-18(19(20,21)22)10-6-7-15-11-13-17(14-12-15)16-8-4-3-5-9-16/h6-7,15-18H,2-5,8-14H2,1H3/t15-,17-,18?. The highest BCUT2D eigenvalue weighted by Gasteiger charge is 2.37. The number of hydrogen-bond acceptors (Lipinski definition) is 0. The number of hydrogen-bond donors (Lipinski definition) is 0. The van der Waals surface area contributed by atoms with Crippen molar-refractivity contribution in [3.8, 4) is 0 Å². The molecule has 2 aliphatic rings. The fourth-order valence-corrected chi connectivity index (χ4v) is 4.38. The summed E-state index contributed by atoms with van der Waals surface area (Å²) in [6.45, 7) is 1.63. The molecular weight excluding hydrogens is 285 g/mol. The van der Waals surface area contributed by atoms with Crippen molar-refractivity contribution in [3.63, 3.8) is 0 Å². The van der Waals surface area contributed by atoms with Gasteiger partial charge >= 0.3 is 6.18 Å². The monoisotopic (exact) mass is 316 g/mol. The van der Waals surface area contributed by atoms with Crippen molar-refractivity contribution in [2.75, 3.05) is 0 Å². The summed E-state index contributed by atoms with van der Waals surface area (Å²) in [5.41, 5.74) is 0. The average Bonchev–Trinajstić information content (AvgIpc) is 2.52. The molecule has 0 nitrogen and oxygen atoms in total. The van der Waals surface area contributed by atoms with E-state index >= 15 is 0 Å². The van der Waals surface area contributed by atoms with Crippen LogP contribution in [0.1, 0.15) is 77.6 Å². The first-order chi connectivity index (χ1) is 10.5. The fraction of sp³-hybridized carbons (Fsp3) is 0.895. The molecule has 0 spiro atoms. The Hall–Kier alpha value is -0.470. The van der Waals surface area contributed by atoms with E-state index in [1.54, 1.807) is 13.0 Å². The molecular formula is C19H31F3. The summed E-state index contributed by atoms with van der Waals surface area (Å²) in [6.07, 6.45) is 12.1. The molecule has 0 amide bonds. The van der Waals surface area contributed by atoms with E-state index in [1.807, 2.05) is 0 Å². The Morgan fingerprint density at radius 3 is 2.05 bits per heavy atom. The molecule has 0 aromatic carbocycles. The molecule has 2 fully saturated rings. The summed E-state index contributed by atoms with van der Waals surface area (Å²) in [5, 5.41) is 0. The number of alkyl halides is 3. The molecule has 22 heavy (non-hydrogen) atoms. The first kappa shape index (κ1) is 17.9. The maximum atomic E-state index is 12.7. The Morgan fingerprint density at radius 1 is 0.909 bits per heavy atom. The summed E-state index contributed by atoms with van der Waals surface area (Å²) in [7, 11) is 0. The molecule has 1 unspecified atom stereocenters. The van der Waals surface area contributed by atoms with Gasteiger partial charge in [-0.25, -0.2) is 0 Å². The van der Waals surface area contributed by atoms with Gasteiger partial charge in [0, 0.05) is 0 Å². The van der Waals surface area contributed by atoms with Crippen molar-refractivity contribution in [3.05, 3.63) is 12.2 Å². The van der Waals surface area contributed by atoms with Crippen molar-refractivity contribution in [2.45, 2.75) is 83.7 Å². The van der Waals surface area contributed by atoms with Crippen LogP contribution in [0.3, 0.4) is 0 Å². The van der Waals surface area contributed by atoms with Gasteiger partial charge in [-0.15, -0.1) is 0 Å². The molecule has 0 N–H and O–H groups in total. The third kappa shape index (κ3) is 5.31. The van der Waals surface area contributed by atoms with E-state index in [0.717, 1.165) is 11.8 Å². The van der Waals surface area contributed by atoms with Crippen molar-refractivity contribution in [2.24, 2.45) is 23.7 Å². The summed E-state index contributed by atoms with van der Waals surface area (Å²) in [4.78, 5) is 0. The van der Waals surface area contributed by atoms with E-state index in [2.05, 4.69) is 6.08 Å². The third-order valence-corrected chi connectivity index (χ3v) is 5.92. The highest BCUT2D eigenvalue weighted by atomic mass is 19.4. The molecule has 0 bridgehead atoms. The number of rotatable bonds is 5. The molecule has 3 heteroatoms. The Bertz CT molecular complexity index is 331. The van der Waals surface area contributed by atoms with Crippen LogP contribution in [-0.4, -0.2) is 6.18 Å². The highest BCUT2D eigenvalue weighted by molar-refractivity contribution is 4.93. The smallest absolute Gasteiger partial charge is 0.171 e. The SMILES string of the molecule is CCC(CC=C[C@H]1CC[C@H](C2CCCCC2)CC1)C(F)(F)F. The van der Waals surface area contributed by atoms with Crippen LogP contribution in [0.5, 0.6) is 0 Å². The zero-order chi connectivity index (χ0) is 16.0. The van der Waals surface area contributed by atoms with Gasteiger partial charge in [-0.2, -0.15) is 13.2 Å². The molecule has 1 atom stereocenters. The fourth-order valence-electron chi connectivity index (χ4n) is 4.38. The Labute approximate surface area is 133 Å². The quantitative estimate of drug-likeness (QED) is 0.483. The van der Waals surface area contributed by atoms with Gasteiger partial charge in [-0.05, 0) is 56.3 Å². The summed E-state index contributed by atoms with van der Waals surface area (Å²) < 4.78 is 38.1. The molecule has 0 heterocycles. The van der Waals surface area contributed by atoms with Crippen LogP contribution in [0.2, 0.25) is 0 Å². The molecule has 2 saturated carbocycles. The number of halogens is 3. The molecule has 128 valence electrons. The maximum absolute atomic E-state index is 12.7. The zero-order valence-electron chi connectivity index (χ0n) is 13.9. The van der Waals surface area contributed by atoms with Crippen LogP contribution in [0.4, 0.5) is 13.2 Å². The largest absolute Gasteiger partial charge is 0.392 e. The molecule has 0 saturated heterocycles. The van der Waals surface area contributed by atoms with Crippen molar-refractivity contribution in [1.82, 2.24) is 0 Å². The molecule has 0 aliphatic heterocycles. The first-order valence-corrected chi connectivity index (χ1v) is 9.24. The second-order valence-electron chi connectivity index (χ2n) is 7.38. The minimum Gasteiger partial charge on any atom is -0.171 e. The summed E-state index contributed by atoms with van der Waals surface area (Å²) in [5.74, 6) is 1.19. The van der Waals surface area contributed by atoms with Crippen LogP contribution in [0.15, 0.2) is 12.2 Å². The highest BCUT2D eigenvalue weighted by Crippen LogP contribution is 2.40. The zero-order valence-corrected chi connectivity index (χ0v) is 13.9. The Balaban J connectivity index is 1.71. The first-order valence-electron chi connectivity index (χ1n) is 9.24. The van der Waals surface area contributed by atoms with Gasteiger partial charge in [0.2, 0.25) is 0 Å². The van der Waals surface area contributed by atoms with Gasteiger partial charge in [0.25, 0.3) is 0 Å². The van der Waals surface area contributed by atoms with E-state index in [1.165, 1.54) is 57.8 Å². The van der Waals surface area contributed by atoms with Crippen LogP contribution in [0, 0.1) is 23.7 Å². The lowest BCUT2D eigenvalue weighted by Gasteiger charge is -2.35. The van der Waals surface area contributed by atoms with Gasteiger partial charge in [-0.3, -0.25) is 0 Å². The van der Waals surface area contributed by atoms with Crippen LogP contribution < -0.4 is 0 Å². The van der Waals surface area contributed by atoms with Crippen molar-refractivity contribution >= 4 is 0 Å². The molecule has 0 aromatic rings. The van der Waals surface area contributed by atoms with E-state index in [-0.39, 0.29) is 12.8 Å². The van der Waals surface area contributed by atoms with Gasteiger partial charge < -0.3 is 0 Å². The number of allylic oxidation sites excluding steroid dienone is 2. The lowest BCUT2D eigenvalue weighted by atomic mass is 9.71. The second-order valence-corrected chi connectivity index (χ2v) is 7.38. The van der Waals surface area contributed by atoms with Crippen molar-refractivity contribution in [1.29, 1.82) is 0 Å². The van der Waals surface area contributed by atoms with E-state index < -0.39 is 12.1 Å². The van der Waals surface area contributed by atoms with E-state index in [0.29, 0.717) is 5.92 Å². The van der Waals surface area contributed by atoms with Crippen molar-refractivity contribution < 1.29 is 13.2 Å². The van der Waals surface area contributed by atoms with Crippen LogP contribution in [0.25, 0.3) is 0 Å². The minimum absolute atomic E-state index is 0.155. The van der Waals surface area contributed by atoms with Crippen LogP contribution >= 0.6 is 0 Å². The van der Waals surface area contributed by atoms with E-state index in [4.69, 9.17) is 0 Å². The van der Waals surface area contributed by atoms with Crippen LogP contribution in [-0.2, 0) is 0 Å². The molecule has 0 radical (unpaired) electrons. The van der Waals surface area contributed by atoms with Gasteiger partial charge in [0.1, 0.15) is 0 Å². The average molecular weight is 316 g/mol. The third-order valence-electron chi connectivity index (χ3n) is 5.92. The van der Waals surface area contributed by atoms with E-state index in [9.17, 15) is 13.2 Å². The topological polar surface area (TPSA) is 0 Å². The lowest BCUT2D eigenvalue weighted by Crippen LogP contribution is -2.23. The molecule has 0 aromatic heterocycles. The predicted octanol–water partition coefficient (Wildman–Crippen LogP) is 6.91. The summed E-state index contributed by atoms with van der Waals surface area (Å²) >= 11 is 0. The molecule has 2 rings (SSSR count). The predicted molar refractivity (Wildman–Crippen MR) is 85.6 cm³/mol.